The highest BCUT2D eigenvalue weighted by Gasteiger charge is 2.19. The van der Waals surface area contributed by atoms with Crippen LogP contribution >= 0.6 is 0 Å². The lowest BCUT2D eigenvalue weighted by Crippen LogP contribution is -2.30. The lowest BCUT2D eigenvalue weighted by atomic mass is 10.00. The Morgan fingerprint density at radius 2 is 0.583 bits per heavy atom. The summed E-state index contributed by atoms with van der Waals surface area (Å²) in [4.78, 5) is 38.0. The summed E-state index contributed by atoms with van der Waals surface area (Å²) >= 11 is 0. The van der Waals surface area contributed by atoms with E-state index >= 15 is 0 Å². The van der Waals surface area contributed by atoms with Crippen molar-refractivity contribution in [3.63, 3.8) is 0 Å². The fourth-order valence-electron chi connectivity index (χ4n) is 8.19. The first-order chi connectivity index (χ1) is 29.4. The van der Waals surface area contributed by atoms with Crippen LogP contribution in [0.1, 0.15) is 304 Å². The first kappa shape index (κ1) is 58.4. The molecular weight excluding hydrogens is 745 g/mol. The zero-order chi connectivity index (χ0) is 43.8. The van der Waals surface area contributed by atoms with Gasteiger partial charge in [0.2, 0.25) is 0 Å². The molecule has 1 unspecified atom stereocenters. The van der Waals surface area contributed by atoms with Crippen LogP contribution in [0.2, 0.25) is 0 Å². The Labute approximate surface area is 374 Å². The summed E-state index contributed by atoms with van der Waals surface area (Å²) < 4.78 is 16.8. The monoisotopic (exact) mass is 849 g/mol. The van der Waals surface area contributed by atoms with Crippen LogP contribution in [-0.2, 0) is 28.6 Å². The van der Waals surface area contributed by atoms with Gasteiger partial charge >= 0.3 is 17.9 Å². The Balaban J connectivity index is 4.28. The highest BCUT2D eigenvalue weighted by atomic mass is 16.6. The third-order valence-corrected chi connectivity index (χ3v) is 12.7. The first-order valence-electron chi connectivity index (χ1n) is 26.9. The van der Waals surface area contributed by atoms with E-state index in [1.165, 1.54) is 199 Å². The summed E-state index contributed by atoms with van der Waals surface area (Å²) in [5.41, 5.74) is 0. The van der Waals surface area contributed by atoms with Crippen LogP contribution in [0.4, 0.5) is 0 Å². The zero-order valence-corrected chi connectivity index (χ0v) is 40.9. The molecule has 0 aromatic heterocycles. The Hall–Kier alpha value is -1.59. The van der Waals surface area contributed by atoms with Crippen LogP contribution in [0.15, 0.2) is 0 Å². The van der Waals surface area contributed by atoms with E-state index in [1.54, 1.807) is 0 Å². The van der Waals surface area contributed by atoms with Gasteiger partial charge in [0.1, 0.15) is 13.2 Å². The van der Waals surface area contributed by atoms with Gasteiger partial charge in [0, 0.05) is 19.3 Å². The van der Waals surface area contributed by atoms with Gasteiger partial charge in [-0.1, -0.05) is 265 Å². The van der Waals surface area contributed by atoms with Gasteiger partial charge in [-0.15, -0.1) is 0 Å². The van der Waals surface area contributed by atoms with Gasteiger partial charge in [-0.3, -0.25) is 14.4 Å². The van der Waals surface area contributed by atoms with Gasteiger partial charge in [-0.2, -0.15) is 0 Å². The van der Waals surface area contributed by atoms with Crippen LogP contribution in [0.5, 0.6) is 0 Å². The molecule has 0 aliphatic rings. The third kappa shape index (κ3) is 45.9. The van der Waals surface area contributed by atoms with E-state index < -0.39 is 6.10 Å². The lowest BCUT2D eigenvalue weighted by Gasteiger charge is -2.18. The van der Waals surface area contributed by atoms with E-state index in [4.69, 9.17) is 14.2 Å². The summed E-state index contributed by atoms with van der Waals surface area (Å²) in [7, 11) is 0. The van der Waals surface area contributed by atoms with Crippen molar-refractivity contribution < 1.29 is 28.6 Å². The maximum Gasteiger partial charge on any atom is 0.306 e. The molecule has 0 spiro atoms. The van der Waals surface area contributed by atoms with Crippen molar-refractivity contribution in [1.29, 1.82) is 0 Å². The van der Waals surface area contributed by atoms with Gasteiger partial charge in [0.15, 0.2) is 6.10 Å². The smallest absolute Gasteiger partial charge is 0.306 e. The van der Waals surface area contributed by atoms with Gasteiger partial charge in [0.25, 0.3) is 0 Å². The molecule has 0 bridgehead atoms. The Bertz CT molecular complexity index is 905. The molecule has 6 heteroatoms. The van der Waals surface area contributed by atoms with Crippen LogP contribution in [-0.4, -0.2) is 37.2 Å². The Morgan fingerprint density at radius 3 is 0.867 bits per heavy atom. The predicted molar refractivity (Wildman–Crippen MR) is 257 cm³/mol. The lowest BCUT2D eigenvalue weighted by molar-refractivity contribution is -0.167. The summed E-state index contributed by atoms with van der Waals surface area (Å²) in [6.07, 6.45) is 50.9. The fourth-order valence-corrected chi connectivity index (χ4v) is 8.19. The maximum absolute atomic E-state index is 12.8. The molecule has 0 saturated heterocycles. The molecule has 356 valence electrons. The largest absolute Gasteiger partial charge is 0.462 e. The highest BCUT2D eigenvalue weighted by Crippen LogP contribution is 2.18. The fraction of sp³-hybridized carbons (Fsp3) is 0.944. The number of ether oxygens (including phenoxy) is 3. The first-order valence-corrected chi connectivity index (χ1v) is 26.9. The summed E-state index contributed by atoms with van der Waals surface area (Å²) in [6.45, 7) is 9.01. The molecule has 0 saturated carbocycles. The van der Waals surface area contributed by atoms with Gasteiger partial charge < -0.3 is 14.2 Å². The molecule has 0 N–H and O–H groups in total. The average molecular weight is 849 g/mol. The van der Waals surface area contributed by atoms with Gasteiger partial charge in [-0.25, -0.2) is 0 Å². The number of rotatable bonds is 49. The normalized spacial score (nSPS) is 12.4. The third-order valence-electron chi connectivity index (χ3n) is 12.7. The van der Waals surface area contributed by atoms with E-state index in [1.807, 2.05) is 0 Å². The molecular formula is C54H104O6. The van der Waals surface area contributed by atoms with Crippen molar-refractivity contribution in [1.82, 2.24) is 0 Å². The molecule has 0 rings (SSSR count). The Kier molecular flexibility index (Phi) is 47.2. The van der Waals surface area contributed by atoms with Crippen molar-refractivity contribution in [2.24, 2.45) is 5.92 Å². The van der Waals surface area contributed by atoms with E-state index in [0.717, 1.165) is 63.7 Å². The molecule has 0 aliphatic heterocycles. The highest BCUT2D eigenvalue weighted by molar-refractivity contribution is 5.71. The van der Waals surface area contributed by atoms with E-state index in [0.29, 0.717) is 19.3 Å². The quantitative estimate of drug-likeness (QED) is 0.0345. The standard InChI is InChI=1S/C54H104O6/c1-5-8-10-12-14-16-18-20-22-24-26-28-30-32-37-41-45-52(55)58-48-51(49-59-53(56)46-42-38-35-34-36-40-44-50(4)7-3)60-54(57)47-43-39-33-31-29-27-25-23-21-19-17-15-13-11-9-6-2/h50-51H,5-49H2,1-4H3/t50?,51-/m1/s1. The number of esters is 3. The molecule has 0 fully saturated rings. The van der Waals surface area contributed by atoms with Crippen molar-refractivity contribution in [3.8, 4) is 0 Å². The van der Waals surface area contributed by atoms with E-state index in [2.05, 4.69) is 27.7 Å². The van der Waals surface area contributed by atoms with Gasteiger partial charge in [0.05, 0.1) is 0 Å². The number of unbranched alkanes of at least 4 members (excludes halogenated alkanes) is 35. The molecule has 0 heterocycles. The van der Waals surface area contributed by atoms with Crippen molar-refractivity contribution in [2.75, 3.05) is 13.2 Å². The number of carbonyl (C=O) groups is 3. The van der Waals surface area contributed by atoms with Crippen molar-refractivity contribution in [2.45, 2.75) is 310 Å². The minimum absolute atomic E-state index is 0.0632. The number of hydrogen-bond donors (Lipinski definition) is 0. The maximum atomic E-state index is 12.8. The van der Waals surface area contributed by atoms with Gasteiger partial charge in [-0.05, 0) is 25.2 Å². The topological polar surface area (TPSA) is 78.9 Å². The number of hydrogen-bond acceptors (Lipinski definition) is 6. The van der Waals surface area contributed by atoms with Crippen LogP contribution in [0, 0.1) is 5.92 Å². The SMILES string of the molecule is CCCCCCCCCCCCCCCCCCC(=O)OC[C@H](COC(=O)CCCCCCCCC(C)CC)OC(=O)CCCCCCCCCCCCCCCCCC. The predicted octanol–water partition coefficient (Wildman–Crippen LogP) is 17.5. The molecule has 0 aromatic rings. The van der Waals surface area contributed by atoms with E-state index in [-0.39, 0.29) is 31.1 Å². The number of carbonyl (C=O) groups excluding carboxylic acids is 3. The second-order valence-corrected chi connectivity index (χ2v) is 18.8. The average Bonchev–Trinajstić information content (AvgIpc) is 3.25. The van der Waals surface area contributed by atoms with Crippen LogP contribution < -0.4 is 0 Å². The zero-order valence-electron chi connectivity index (χ0n) is 40.9. The van der Waals surface area contributed by atoms with Crippen molar-refractivity contribution >= 4 is 17.9 Å². The molecule has 0 aliphatic carbocycles. The minimum atomic E-state index is -0.761. The second kappa shape index (κ2) is 48.4. The Morgan fingerprint density at radius 1 is 0.333 bits per heavy atom. The molecule has 0 radical (unpaired) electrons. The second-order valence-electron chi connectivity index (χ2n) is 18.8. The summed E-state index contributed by atoms with van der Waals surface area (Å²) in [5.74, 6) is -0.0303. The summed E-state index contributed by atoms with van der Waals surface area (Å²) in [5, 5.41) is 0. The van der Waals surface area contributed by atoms with Crippen LogP contribution in [0.3, 0.4) is 0 Å². The van der Waals surface area contributed by atoms with Crippen LogP contribution in [0.25, 0.3) is 0 Å². The van der Waals surface area contributed by atoms with E-state index in [9.17, 15) is 14.4 Å². The minimum Gasteiger partial charge on any atom is -0.462 e. The van der Waals surface area contributed by atoms with Crippen molar-refractivity contribution in [3.05, 3.63) is 0 Å². The molecule has 2 atom stereocenters. The molecule has 60 heavy (non-hydrogen) atoms. The molecule has 0 amide bonds. The summed E-state index contributed by atoms with van der Waals surface area (Å²) in [6, 6.07) is 0. The molecule has 0 aromatic carbocycles. The molecule has 6 nitrogen and oxygen atoms in total.